The predicted octanol–water partition coefficient (Wildman–Crippen LogP) is 3.27. The van der Waals surface area contributed by atoms with Gasteiger partial charge in [0.15, 0.2) is 0 Å². The van der Waals surface area contributed by atoms with E-state index in [2.05, 4.69) is 15.0 Å². The lowest BCUT2D eigenvalue weighted by atomic mass is 10.2. The smallest absolute Gasteiger partial charge is 0.273 e. The van der Waals surface area contributed by atoms with Crippen LogP contribution in [0.2, 0.25) is 0 Å². The zero-order chi connectivity index (χ0) is 15.1. The molecule has 0 N–H and O–H groups in total. The second-order valence-electron chi connectivity index (χ2n) is 5.57. The standard InChI is InChI=1S/C14H15F2N3O2S/c15-12(16)11-9(3-5-22-11)14-17-13(18-21-14)10-6-19-4-1-2-8(19)7-20-10/h3,5,8,10,12H,1-2,4,6-7H2/t8-,10+/m0/s1. The first-order valence-electron chi connectivity index (χ1n) is 7.27. The Balaban J connectivity index is 1.55. The summed E-state index contributed by atoms with van der Waals surface area (Å²) in [6, 6.07) is 2.08. The Morgan fingerprint density at radius 1 is 1.41 bits per heavy atom. The second-order valence-corrected chi connectivity index (χ2v) is 6.52. The third-order valence-electron chi connectivity index (χ3n) is 4.24. The van der Waals surface area contributed by atoms with Crippen molar-refractivity contribution in [1.29, 1.82) is 0 Å². The van der Waals surface area contributed by atoms with E-state index < -0.39 is 6.43 Å². The highest BCUT2D eigenvalue weighted by molar-refractivity contribution is 7.10. The highest BCUT2D eigenvalue weighted by Crippen LogP contribution is 2.36. The monoisotopic (exact) mass is 327 g/mol. The highest BCUT2D eigenvalue weighted by Gasteiger charge is 2.35. The Labute approximate surface area is 129 Å². The van der Waals surface area contributed by atoms with E-state index in [4.69, 9.17) is 9.26 Å². The molecule has 0 spiro atoms. The molecule has 2 aromatic rings. The molecule has 118 valence electrons. The first kappa shape index (κ1) is 14.2. The zero-order valence-corrected chi connectivity index (χ0v) is 12.6. The van der Waals surface area contributed by atoms with Crippen molar-refractivity contribution in [2.75, 3.05) is 19.7 Å². The van der Waals surface area contributed by atoms with E-state index in [1.807, 2.05) is 0 Å². The van der Waals surface area contributed by atoms with E-state index >= 15 is 0 Å². The Kier molecular flexibility index (Phi) is 3.67. The predicted molar refractivity (Wildman–Crippen MR) is 75.9 cm³/mol. The fourth-order valence-corrected chi connectivity index (χ4v) is 3.85. The summed E-state index contributed by atoms with van der Waals surface area (Å²) in [5.41, 5.74) is 0.314. The molecule has 2 aromatic heterocycles. The molecule has 2 aliphatic heterocycles. The summed E-state index contributed by atoms with van der Waals surface area (Å²) in [5.74, 6) is 0.575. The molecule has 2 saturated heterocycles. The van der Waals surface area contributed by atoms with Crippen LogP contribution in [0.3, 0.4) is 0 Å². The van der Waals surface area contributed by atoms with Crippen LogP contribution in [0.5, 0.6) is 0 Å². The fourth-order valence-electron chi connectivity index (χ4n) is 3.12. The number of halogens is 2. The number of ether oxygens (including phenoxy) is 1. The van der Waals surface area contributed by atoms with Crippen molar-refractivity contribution < 1.29 is 18.0 Å². The zero-order valence-electron chi connectivity index (χ0n) is 11.7. The van der Waals surface area contributed by atoms with Crippen LogP contribution in [0.15, 0.2) is 16.0 Å². The lowest BCUT2D eigenvalue weighted by Gasteiger charge is -2.33. The lowest BCUT2D eigenvalue weighted by Crippen LogP contribution is -2.42. The number of hydrogen-bond acceptors (Lipinski definition) is 6. The molecule has 22 heavy (non-hydrogen) atoms. The summed E-state index contributed by atoms with van der Waals surface area (Å²) in [5, 5.41) is 5.54. The van der Waals surface area contributed by atoms with Crippen LogP contribution in [-0.2, 0) is 4.74 Å². The van der Waals surface area contributed by atoms with Crippen molar-refractivity contribution in [3.05, 3.63) is 22.1 Å². The molecule has 5 nitrogen and oxygen atoms in total. The maximum atomic E-state index is 12.9. The van der Waals surface area contributed by atoms with Crippen LogP contribution in [0, 0.1) is 0 Å². The number of nitrogens with zero attached hydrogens (tertiary/aromatic N) is 3. The summed E-state index contributed by atoms with van der Waals surface area (Å²) in [6.45, 7) is 2.46. The molecule has 8 heteroatoms. The molecule has 2 aliphatic rings. The van der Waals surface area contributed by atoms with E-state index in [0.717, 1.165) is 30.8 Å². The number of alkyl halides is 2. The number of hydrogen-bond donors (Lipinski definition) is 0. The van der Waals surface area contributed by atoms with E-state index in [9.17, 15) is 8.78 Å². The topological polar surface area (TPSA) is 51.4 Å². The summed E-state index contributed by atoms with van der Waals surface area (Å²) in [7, 11) is 0. The first-order valence-corrected chi connectivity index (χ1v) is 8.15. The molecule has 0 aromatic carbocycles. The van der Waals surface area contributed by atoms with Gasteiger partial charge in [0, 0.05) is 12.6 Å². The van der Waals surface area contributed by atoms with Gasteiger partial charge in [-0.1, -0.05) is 5.16 Å². The van der Waals surface area contributed by atoms with E-state index in [1.54, 1.807) is 11.4 Å². The van der Waals surface area contributed by atoms with Crippen LogP contribution in [0.25, 0.3) is 11.5 Å². The second kappa shape index (κ2) is 5.68. The SMILES string of the molecule is FC(F)c1sccc1-c1nc([C@H]2CN3CCC[C@H]3CO2)no1. The Morgan fingerprint density at radius 2 is 2.32 bits per heavy atom. The van der Waals surface area contributed by atoms with Crippen molar-refractivity contribution in [3.8, 4) is 11.5 Å². The quantitative estimate of drug-likeness (QED) is 0.866. The number of thiophene rings is 1. The van der Waals surface area contributed by atoms with Gasteiger partial charge >= 0.3 is 0 Å². The van der Waals surface area contributed by atoms with Gasteiger partial charge in [0.1, 0.15) is 6.10 Å². The maximum Gasteiger partial charge on any atom is 0.273 e. The van der Waals surface area contributed by atoms with Gasteiger partial charge in [0.2, 0.25) is 5.82 Å². The Bertz CT molecular complexity index is 660. The average Bonchev–Trinajstić information content (AvgIpc) is 3.25. The average molecular weight is 327 g/mol. The molecule has 0 bridgehead atoms. The molecule has 2 fully saturated rings. The van der Waals surface area contributed by atoms with Crippen LogP contribution >= 0.6 is 11.3 Å². The lowest BCUT2D eigenvalue weighted by molar-refractivity contribution is -0.0548. The van der Waals surface area contributed by atoms with Crippen molar-refractivity contribution in [2.24, 2.45) is 0 Å². The Morgan fingerprint density at radius 3 is 3.18 bits per heavy atom. The van der Waals surface area contributed by atoms with Gasteiger partial charge in [-0.2, -0.15) is 4.98 Å². The fraction of sp³-hybridized carbons (Fsp3) is 0.571. The van der Waals surface area contributed by atoms with Gasteiger partial charge in [0.05, 0.1) is 17.0 Å². The van der Waals surface area contributed by atoms with Crippen LogP contribution < -0.4 is 0 Å². The molecule has 0 aliphatic carbocycles. The molecule has 0 unspecified atom stereocenters. The van der Waals surface area contributed by atoms with E-state index in [1.165, 1.54) is 6.42 Å². The third kappa shape index (κ3) is 2.45. The van der Waals surface area contributed by atoms with Crippen LogP contribution in [-0.4, -0.2) is 40.8 Å². The van der Waals surface area contributed by atoms with Gasteiger partial charge in [-0.25, -0.2) is 8.78 Å². The number of morpholine rings is 1. The van der Waals surface area contributed by atoms with Crippen molar-refractivity contribution in [1.82, 2.24) is 15.0 Å². The van der Waals surface area contributed by atoms with Crippen molar-refractivity contribution in [2.45, 2.75) is 31.4 Å². The molecular formula is C14H15F2N3O2S. The minimum absolute atomic E-state index is 0.0423. The minimum Gasteiger partial charge on any atom is -0.367 e. The largest absolute Gasteiger partial charge is 0.367 e. The van der Waals surface area contributed by atoms with Crippen molar-refractivity contribution in [3.63, 3.8) is 0 Å². The summed E-state index contributed by atoms with van der Waals surface area (Å²) < 4.78 is 36.9. The maximum absolute atomic E-state index is 12.9. The third-order valence-corrected chi connectivity index (χ3v) is 5.17. The summed E-state index contributed by atoms with van der Waals surface area (Å²) >= 11 is 0.993. The van der Waals surface area contributed by atoms with Gasteiger partial charge < -0.3 is 9.26 Å². The first-order chi connectivity index (χ1) is 10.7. The van der Waals surface area contributed by atoms with Crippen molar-refractivity contribution >= 4 is 11.3 Å². The van der Waals surface area contributed by atoms with Crippen LogP contribution in [0.4, 0.5) is 8.78 Å². The molecule has 4 heterocycles. The van der Waals surface area contributed by atoms with Gasteiger partial charge in [-0.15, -0.1) is 11.3 Å². The number of rotatable bonds is 3. The highest BCUT2D eigenvalue weighted by atomic mass is 32.1. The molecule has 2 atom stereocenters. The Hall–Kier alpha value is -1.38. The summed E-state index contributed by atoms with van der Waals surface area (Å²) in [4.78, 5) is 6.61. The molecule has 0 radical (unpaired) electrons. The normalized spacial score (nSPS) is 25.8. The van der Waals surface area contributed by atoms with Crippen LogP contribution in [0.1, 0.15) is 36.1 Å². The van der Waals surface area contributed by atoms with Gasteiger partial charge in [-0.05, 0) is 30.8 Å². The molecule has 0 saturated carbocycles. The molecule has 0 amide bonds. The van der Waals surface area contributed by atoms with Gasteiger partial charge in [0.25, 0.3) is 12.3 Å². The minimum atomic E-state index is -2.54. The summed E-state index contributed by atoms with van der Waals surface area (Å²) in [6.07, 6.45) is -0.441. The molecular weight excluding hydrogens is 312 g/mol. The van der Waals surface area contributed by atoms with Gasteiger partial charge in [-0.3, -0.25) is 4.90 Å². The molecule has 4 rings (SSSR count). The number of fused-ring (bicyclic) bond motifs is 1. The van der Waals surface area contributed by atoms with E-state index in [0.29, 0.717) is 24.0 Å². The van der Waals surface area contributed by atoms with E-state index in [-0.39, 0.29) is 16.9 Å². The number of aromatic nitrogens is 2.